The van der Waals surface area contributed by atoms with Gasteiger partial charge in [-0.05, 0) is 17.7 Å². The van der Waals surface area contributed by atoms with Crippen molar-refractivity contribution in [1.29, 1.82) is 0 Å². The summed E-state index contributed by atoms with van der Waals surface area (Å²) in [6, 6.07) is 4.41. The Labute approximate surface area is 108 Å². The summed E-state index contributed by atoms with van der Waals surface area (Å²) in [5.74, 6) is -0.117. The van der Waals surface area contributed by atoms with E-state index in [2.05, 4.69) is 0 Å². The minimum Gasteiger partial charge on any atom is -0.480 e. The summed E-state index contributed by atoms with van der Waals surface area (Å²) in [6.07, 6.45) is 0. The molecule has 0 aliphatic rings. The molecule has 0 amide bonds. The van der Waals surface area contributed by atoms with Gasteiger partial charge >= 0.3 is 5.97 Å². The van der Waals surface area contributed by atoms with Gasteiger partial charge < -0.3 is 10.8 Å². The number of carboxylic acid groups (broad SMARTS) is 1. The molecule has 16 heavy (non-hydrogen) atoms. The number of halogens is 2. The lowest BCUT2D eigenvalue weighted by Crippen LogP contribution is -2.32. The minimum atomic E-state index is -1.00. The van der Waals surface area contributed by atoms with Crippen LogP contribution < -0.4 is 5.73 Å². The van der Waals surface area contributed by atoms with E-state index in [9.17, 15) is 4.79 Å². The van der Waals surface area contributed by atoms with Gasteiger partial charge in [0, 0.05) is 21.6 Å². The molecule has 1 aromatic carbocycles. The number of carboxylic acids is 1. The Bertz CT molecular complexity index is 367. The van der Waals surface area contributed by atoms with Gasteiger partial charge in [0.15, 0.2) is 0 Å². The summed E-state index contributed by atoms with van der Waals surface area (Å²) in [6.45, 7) is 0. The van der Waals surface area contributed by atoms with Crippen LogP contribution in [0.3, 0.4) is 0 Å². The van der Waals surface area contributed by atoms with Crippen LogP contribution in [-0.2, 0) is 10.5 Å². The fourth-order valence-corrected chi connectivity index (χ4v) is 2.75. The van der Waals surface area contributed by atoms with Gasteiger partial charge in [-0.1, -0.05) is 29.3 Å². The Kier molecular flexibility index (Phi) is 5.41. The molecule has 3 nitrogen and oxygen atoms in total. The number of thioether (sulfide) groups is 1. The van der Waals surface area contributed by atoms with E-state index in [4.69, 9.17) is 34.0 Å². The molecule has 0 bridgehead atoms. The van der Waals surface area contributed by atoms with Crippen LogP contribution in [0, 0.1) is 0 Å². The standard InChI is InChI=1S/C10H11Cl2NO2S/c11-7-2-1-3-8(12)6(7)4-16-5-9(13)10(14)15/h1-3,9H,4-5,13H2,(H,14,15)/t9-/m0/s1. The van der Waals surface area contributed by atoms with Gasteiger partial charge in [0.1, 0.15) is 6.04 Å². The zero-order valence-corrected chi connectivity index (χ0v) is 10.6. The molecule has 0 saturated heterocycles. The average molecular weight is 280 g/mol. The first kappa shape index (κ1) is 13.6. The molecule has 0 aliphatic heterocycles. The molecule has 88 valence electrons. The van der Waals surface area contributed by atoms with Crippen LogP contribution >= 0.6 is 35.0 Å². The van der Waals surface area contributed by atoms with Crippen molar-refractivity contribution in [3.8, 4) is 0 Å². The zero-order chi connectivity index (χ0) is 12.1. The highest BCUT2D eigenvalue weighted by atomic mass is 35.5. The van der Waals surface area contributed by atoms with E-state index in [0.29, 0.717) is 21.6 Å². The number of carbonyl (C=O) groups is 1. The predicted octanol–water partition coefficient (Wildman–Crippen LogP) is 2.64. The van der Waals surface area contributed by atoms with E-state index in [1.807, 2.05) is 0 Å². The molecule has 0 unspecified atom stereocenters. The van der Waals surface area contributed by atoms with Crippen molar-refractivity contribution in [2.75, 3.05) is 5.75 Å². The van der Waals surface area contributed by atoms with Gasteiger partial charge in [0.2, 0.25) is 0 Å². The molecule has 0 fully saturated rings. The molecule has 0 aromatic heterocycles. The van der Waals surface area contributed by atoms with Crippen molar-refractivity contribution < 1.29 is 9.90 Å². The van der Waals surface area contributed by atoms with Gasteiger partial charge in [-0.15, -0.1) is 0 Å². The lowest BCUT2D eigenvalue weighted by molar-refractivity contribution is -0.137. The van der Waals surface area contributed by atoms with E-state index in [1.54, 1.807) is 18.2 Å². The van der Waals surface area contributed by atoms with Gasteiger partial charge in [-0.2, -0.15) is 11.8 Å². The summed E-state index contributed by atoms with van der Waals surface area (Å²) < 4.78 is 0. The predicted molar refractivity (Wildman–Crippen MR) is 68.2 cm³/mol. The van der Waals surface area contributed by atoms with Crippen LogP contribution in [0.25, 0.3) is 0 Å². The van der Waals surface area contributed by atoms with Crippen molar-refractivity contribution in [3.05, 3.63) is 33.8 Å². The maximum atomic E-state index is 10.5. The van der Waals surface area contributed by atoms with E-state index in [0.717, 1.165) is 5.56 Å². The Balaban J connectivity index is 2.52. The van der Waals surface area contributed by atoms with Crippen molar-refractivity contribution >= 4 is 40.9 Å². The third kappa shape index (κ3) is 3.87. The molecule has 0 aliphatic carbocycles. The largest absolute Gasteiger partial charge is 0.480 e. The number of benzene rings is 1. The van der Waals surface area contributed by atoms with Crippen LogP contribution in [-0.4, -0.2) is 22.9 Å². The first-order valence-corrected chi connectivity index (χ1v) is 6.42. The Morgan fingerprint density at radius 1 is 1.44 bits per heavy atom. The quantitative estimate of drug-likeness (QED) is 0.870. The Morgan fingerprint density at radius 3 is 2.50 bits per heavy atom. The molecule has 6 heteroatoms. The SMILES string of the molecule is N[C@@H](CSCc1c(Cl)cccc1Cl)C(=O)O. The van der Waals surface area contributed by atoms with Crippen LogP contribution in [0.15, 0.2) is 18.2 Å². The molecule has 0 spiro atoms. The lowest BCUT2D eigenvalue weighted by atomic mass is 10.2. The van der Waals surface area contributed by atoms with E-state index in [1.165, 1.54) is 11.8 Å². The summed E-state index contributed by atoms with van der Waals surface area (Å²) in [5, 5.41) is 9.77. The second-order valence-corrected chi connectivity index (χ2v) is 5.00. The average Bonchev–Trinajstić information content (AvgIpc) is 2.22. The Morgan fingerprint density at radius 2 is 2.00 bits per heavy atom. The van der Waals surface area contributed by atoms with Gasteiger partial charge in [-0.25, -0.2) is 0 Å². The molecule has 3 N–H and O–H groups in total. The first-order chi connectivity index (χ1) is 7.52. The van der Waals surface area contributed by atoms with Crippen LogP contribution in [0.4, 0.5) is 0 Å². The molecule has 0 heterocycles. The third-order valence-electron chi connectivity index (χ3n) is 1.92. The van der Waals surface area contributed by atoms with Crippen molar-refractivity contribution in [1.82, 2.24) is 0 Å². The van der Waals surface area contributed by atoms with Crippen molar-refractivity contribution in [2.24, 2.45) is 5.73 Å². The highest BCUT2D eigenvalue weighted by Crippen LogP contribution is 2.28. The summed E-state index contributed by atoms with van der Waals surface area (Å²) in [4.78, 5) is 10.5. The summed E-state index contributed by atoms with van der Waals surface area (Å²) in [5.41, 5.74) is 6.18. The molecule has 0 saturated carbocycles. The second kappa shape index (κ2) is 6.35. The molecule has 0 radical (unpaired) electrons. The van der Waals surface area contributed by atoms with Gasteiger partial charge in [0.25, 0.3) is 0 Å². The van der Waals surface area contributed by atoms with Gasteiger partial charge in [0.05, 0.1) is 0 Å². The fraction of sp³-hybridized carbons (Fsp3) is 0.300. The number of rotatable bonds is 5. The van der Waals surface area contributed by atoms with Crippen molar-refractivity contribution in [3.63, 3.8) is 0 Å². The van der Waals surface area contributed by atoms with E-state index < -0.39 is 12.0 Å². The number of hydrogen-bond donors (Lipinski definition) is 2. The summed E-state index contributed by atoms with van der Waals surface area (Å²) >= 11 is 13.3. The zero-order valence-electron chi connectivity index (χ0n) is 8.32. The third-order valence-corrected chi connectivity index (χ3v) is 3.72. The molecular formula is C10H11Cl2NO2S. The second-order valence-electron chi connectivity index (χ2n) is 3.16. The van der Waals surface area contributed by atoms with Gasteiger partial charge in [-0.3, -0.25) is 4.79 Å². The van der Waals surface area contributed by atoms with Crippen molar-refractivity contribution in [2.45, 2.75) is 11.8 Å². The topological polar surface area (TPSA) is 63.3 Å². The fourth-order valence-electron chi connectivity index (χ4n) is 1.03. The lowest BCUT2D eigenvalue weighted by Gasteiger charge is -2.08. The maximum absolute atomic E-state index is 10.5. The molecule has 1 atom stereocenters. The molecule has 1 rings (SSSR count). The summed E-state index contributed by atoms with van der Waals surface area (Å²) in [7, 11) is 0. The van der Waals surface area contributed by atoms with Crippen LogP contribution in [0.1, 0.15) is 5.56 Å². The molecular weight excluding hydrogens is 269 g/mol. The molecule has 1 aromatic rings. The van der Waals surface area contributed by atoms with E-state index in [-0.39, 0.29) is 0 Å². The smallest absolute Gasteiger partial charge is 0.321 e. The first-order valence-electron chi connectivity index (χ1n) is 4.51. The number of aliphatic carboxylic acids is 1. The highest BCUT2D eigenvalue weighted by molar-refractivity contribution is 7.98. The normalized spacial score (nSPS) is 12.4. The van der Waals surface area contributed by atoms with E-state index >= 15 is 0 Å². The maximum Gasteiger partial charge on any atom is 0.321 e. The van der Waals surface area contributed by atoms with Crippen LogP contribution in [0.5, 0.6) is 0 Å². The monoisotopic (exact) mass is 279 g/mol. The highest BCUT2D eigenvalue weighted by Gasteiger charge is 2.12. The Hall–Kier alpha value is -0.420. The number of hydrogen-bond acceptors (Lipinski definition) is 3. The van der Waals surface area contributed by atoms with Crippen LogP contribution in [0.2, 0.25) is 10.0 Å². The number of nitrogens with two attached hydrogens (primary N) is 1. The minimum absolute atomic E-state index is 0.330.